The van der Waals surface area contributed by atoms with Crippen molar-refractivity contribution in [3.8, 4) is 11.5 Å². The van der Waals surface area contributed by atoms with Gasteiger partial charge in [0.2, 0.25) is 0 Å². The SMILES string of the molecule is CCCn1cnnc1[C@@H](C)NC(=O)c1c(O)cccc1O. The lowest BCUT2D eigenvalue weighted by molar-refractivity contribution is 0.0932. The van der Waals surface area contributed by atoms with Crippen molar-refractivity contribution in [2.24, 2.45) is 0 Å². The second-order valence-electron chi connectivity index (χ2n) is 4.75. The first kappa shape index (κ1) is 14.8. The molecule has 0 radical (unpaired) electrons. The molecule has 1 aromatic heterocycles. The first-order valence-corrected chi connectivity index (χ1v) is 6.74. The second-order valence-corrected chi connectivity index (χ2v) is 4.75. The first-order chi connectivity index (χ1) is 10.0. The van der Waals surface area contributed by atoms with Gasteiger partial charge in [0.1, 0.15) is 23.4 Å². The number of phenols is 2. The third-order valence-corrected chi connectivity index (χ3v) is 3.09. The summed E-state index contributed by atoms with van der Waals surface area (Å²) in [6.45, 7) is 4.56. The predicted molar refractivity (Wildman–Crippen MR) is 76.0 cm³/mol. The highest BCUT2D eigenvalue weighted by molar-refractivity contribution is 5.99. The van der Waals surface area contributed by atoms with E-state index in [-0.39, 0.29) is 17.1 Å². The summed E-state index contributed by atoms with van der Waals surface area (Å²) < 4.78 is 1.86. The number of hydrogen-bond acceptors (Lipinski definition) is 5. The summed E-state index contributed by atoms with van der Waals surface area (Å²) in [5.41, 5.74) is -0.147. The highest BCUT2D eigenvalue weighted by atomic mass is 16.3. The van der Waals surface area contributed by atoms with Gasteiger partial charge in [-0.1, -0.05) is 13.0 Å². The maximum Gasteiger partial charge on any atom is 0.259 e. The van der Waals surface area contributed by atoms with Crippen molar-refractivity contribution in [3.63, 3.8) is 0 Å². The molecule has 1 amide bonds. The van der Waals surface area contributed by atoms with Gasteiger partial charge in [-0.15, -0.1) is 10.2 Å². The summed E-state index contributed by atoms with van der Waals surface area (Å²) in [5.74, 6) is -0.478. The Bertz CT molecular complexity index is 619. The lowest BCUT2D eigenvalue weighted by Gasteiger charge is -2.15. The maximum absolute atomic E-state index is 12.2. The molecule has 2 aromatic rings. The summed E-state index contributed by atoms with van der Waals surface area (Å²) in [4.78, 5) is 12.2. The number of aromatic nitrogens is 3. The van der Waals surface area contributed by atoms with Gasteiger partial charge in [0, 0.05) is 6.54 Å². The van der Waals surface area contributed by atoms with E-state index in [0.717, 1.165) is 13.0 Å². The molecule has 0 fully saturated rings. The lowest BCUT2D eigenvalue weighted by atomic mass is 10.1. The molecule has 0 spiro atoms. The van der Waals surface area contributed by atoms with Gasteiger partial charge in [0.25, 0.3) is 5.91 Å². The van der Waals surface area contributed by atoms with Crippen molar-refractivity contribution in [2.75, 3.05) is 0 Å². The van der Waals surface area contributed by atoms with Gasteiger partial charge in [-0.2, -0.15) is 0 Å². The van der Waals surface area contributed by atoms with Crippen LogP contribution >= 0.6 is 0 Å². The monoisotopic (exact) mass is 290 g/mol. The van der Waals surface area contributed by atoms with Crippen LogP contribution in [-0.4, -0.2) is 30.9 Å². The Labute approximate surface area is 122 Å². The highest BCUT2D eigenvalue weighted by Crippen LogP contribution is 2.26. The number of hydrogen-bond donors (Lipinski definition) is 3. The van der Waals surface area contributed by atoms with E-state index in [0.29, 0.717) is 5.82 Å². The zero-order valence-corrected chi connectivity index (χ0v) is 11.9. The summed E-state index contributed by atoms with van der Waals surface area (Å²) in [7, 11) is 0. The number of carbonyl (C=O) groups is 1. The molecule has 1 aromatic carbocycles. The van der Waals surface area contributed by atoms with Crippen LogP contribution in [0.5, 0.6) is 11.5 Å². The molecule has 2 rings (SSSR count). The van der Waals surface area contributed by atoms with Crippen LogP contribution in [0.1, 0.15) is 42.5 Å². The molecule has 0 saturated heterocycles. The van der Waals surface area contributed by atoms with Gasteiger partial charge in [-0.05, 0) is 25.5 Å². The van der Waals surface area contributed by atoms with E-state index in [1.165, 1.54) is 18.2 Å². The van der Waals surface area contributed by atoms with Gasteiger partial charge < -0.3 is 20.1 Å². The molecule has 0 bridgehead atoms. The Kier molecular flexibility index (Phi) is 4.42. The Hall–Kier alpha value is -2.57. The molecule has 0 aliphatic carbocycles. The molecular weight excluding hydrogens is 272 g/mol. The van der Waals surface area contributed by atoms with Crippen molar-refractivity contribution < 1.29 is 15.0 Å². The Morgan fingerprint density at radius 1 is 1.38 bits per heavy atom. The lowest BCUT2D eigenvalue weighted by Crippen LogP contribution is -2.28. The third-order valence-electron chi connectivity index (χ3n) is 3.09. The molecule has 0 aliphatic rings. The fourth-order valence-corrected chi connectivity index (χ4v) is 2.11. The first-order valence-electron chi connectivity index (χ1n) is 6.74. The Morgan fingerprint density at radius 2 is 2.05 bits per heavy atom. The van der Waals surface area contributed by atoms with Crippen LogP contribution < -0.4 is 5.32 Å². The molecule has 1 heterocycles. The Balaban J connectivity index is 2.17. The molecule has 0 saturated carbocycles. The van der Waals surface area contributed by atoms with Crippen LogP contribution in [0.25, 0.3) is 0 Å². The smallest absolute Gasteiger partial charge is 0.259 e. The molecule has 0 unspecified atom stereocenters. The fourth-order valence-electron chi connectivity index (χ4n) is 2.11. The quantitative estimate of drug-likeness (QED) is 0.776. The molecule has 7 nitrogen and oxygen atoms in total. The minimum absolute atomic E-state index is 0.147. The van der Waals surface area contributed by atoms with E-state index in [2.05, 4.69) is 15.5 Å². The second kappa shape index (κ2) is 6.25. The number of nitrogens with zero attached hydrogens (tertiary/aromatic N) is 3. The topological polar surface area (TPSA) is 100 Å². The van der Waals surface area contributed by atoms with Gasteiger partial charge >= 0.3 is 0 Å². The van der Waals surface area contributed by atoms with Crippen LogP contribution in [0.3, 0.4) is 0 Å². The van der Waals surface area contributed by atoms with Crippen molar-refractivity contribution in [1.82, 2.24) is 20.1 Å². The van der Waals surface area contributed by atoms with E-state index in [9.17, 15) is 15.0 Å². The van der Waals surface area contributed by atoms with Crippen LogP contribution in [0.4, 0.5) is 0 Å². The van der Waals surface area contributed by atoms with Crippen molar-refractivity contribution in [2.45, 2.75) is 32.9 Å². The fraction of sp³-hybridized carbons (Fsp3) is 0.357. The number of benzene rings is 1. The Morgan fingerprint density at radius 3 is 2.67 bits per heavy atom. The van der Waals surface area contributed by atoms with Crippen LogP contribution in [0, 0.1) is 0 Å². The molecule has 21 heavy (non-hydrogen) atoms. The number of carbonyl (C=O) groups excluding carboxylic acids is 1. The zero-order chi connectivity index (χ0) is 15.4. The standard InChI is InChI=1S/C14H18N4O3/c1-3-7-18-8-15-17-13(18)9(2)16-14(21)12-10(19)5-4-6-11(12)20/h4-6,8-9,19-20H,3,7H2,1-2H3,(H,16,21)/t9-/m1/s1. The van der Waals surface area contributed by atoms with Crippen LogP contribution in [-0.2, 0) is 6.54 Å². The van der Waals surface area contributed by atoms with E-state index in [4.69, 9.17) is 0 Å². The van der Waals surface area contributed by atoms with Crippen LogP contribution in [0.2, 0.25) is 0 Å². The summed E-state index contributed by atoms with van der Waals surface area (Å²) in [6, 6.07) is 3.76. The zero-order valence-electron chi connectivity index (χ0n) is 11.9. The van der Waals surface area contributed by atoms with Crippen molar-refractivity contribution in [1.29, 1.82) is 0 Å². The third kappa shape index (κ3) is 3.13. The molecule has 3 N–H and O–H groups in total. The van der Waals surface area contributed by atoms with E-state index < -0.39 is 11.9 Å². The average molecular weight is 290 g/mol. The number of aryl methyl sites for hydroxylation is 1. The molecule has 0 aliphatic heterocycles. The number of rotatable bonds is 5. The predicted octanol–water partition coefficient (Wildman–Crippen LogP) is 1.59. The van der Waals surface area contributed by atoms with E-state index in [1.54, 1.807) is 13.3 Å². The van der Waals surface area contributed by atoms with E-state index >= 15 is 0 Å². The number of amides is 1. The van der Waals surface area contributed by atoms with Crippen molar-refractivity contribution >= 4 is 5.91 Å². The average Bonchev–Trinajstić information content (AvgIpc) is 2.87. The van der Waals surface area contributed by atoms with Gasteiger partial charge in [0.15, 0.2) is 5.82 Å². The summed E-state index contributed by atoms with van der Waals surface area (Å²) in [6.07, 6.45) is 2.53. The van der Waals surface area contributed by atoms with E-state index in [1.807, 2.05) is 11.5 Å². The minimum atomic E-state index is -0.566. The summed E-state index contributed by atoms with van der Waals surface area (Å²) in [5, 5.41) is 29.9. The number of phenolic OH excluding ortho intramolecular Hbond substituents is 2. The number of nitrogens with one attached hydrogen (secondary N) is 1. The largest absolute Gasteiger partial charge is 0.507 e. The highest BCUT2D eigenvalue weighted by Gasteiger charge is 2.20. The minimum Gasteiger partial charge on any atom is -0.507 e. The summed E-state index contributed by atoms with van der Waals surface area (Å²) >= 11 is 0. The number of aromatic hydroxyl groups is 2. The maximum atomic E-state index is 12.2. The molecular formula is C14H18N4O3. The van der Waals surface area contributed by atoms with Crippen LogP contribution in [0.15, 0.2) is 24.5 Å². The van der Waals surface area contributed by atoms with Crippen molar-refractivity contribution in [3.05, 3.63) is 35.9 Å². The van der Waals surface area contributed by atoms with Gasteiger partial charge in [0.05, 0.1) is 6.04 Å². The van der Waals surface area contributed by atoms with Gasteiger partial charge in [-0.3, -0.25) is 4.79 Å². The van der Waals surface area contributed by atoms with Gasteiger partial charge in [-0.25, -0.2) is 0 Å². The molecule has 7 heteroatoms. The normalized spacial score (nSPS) is 12.1. The molecule has 1 atom stereocenters. The molecule has 112 valence electrons.